The standard InChI is InChI=1S/C11H19N3O/c1-3-5-12-11(15)10-14-7-4-6-13(2)8-9-14/h1H,4-10H2,2H3,(H,12,15). The van der Waals surface area contributed by atoms with E-state index in [4.69, 9.17) is 6.42 Å². The highest BCUT2D eigenvalue weighted by Crippen LogP contribution is 1.99. The second-order valence-corrected chi connectivity index (χ2v) is 3.91. The number of carbonyl (C=O) groups is 1. The Bertz CT molecular complexity index is 247. The molecule has 1 aliphatic heterocycles. The van der Waals surface area contributed by atoms with E-state index in [2.05, 4.69) is 28.1 Å². The highest BCUT2D eigenvalue weighted by molar-refractivity contribution is 5.78. The van der Waals surface area contributed by atoms with Gasteiger partial charge in [-0.25, -0.2) is 0 Å². The zero-order valence-corrected chi connectivity index (χ0v) is 9.33. The monoisotopic (exact) mass is 209 g/mol. The predicted molar refractivity (Wildman–Crippen MR) is 60.4 cm³/mol. The zero-order chi connectivity index (χ0) is 11.1. The van der Waals surface area contributed by atoms with Gasteiger partial charge < -0.3 is 10.2 Å². The van der Waals surface area contributed by atoms with Gasteiger partial charge in [0.15, 0.2) is 0 Å². The lowest BCUT2D eigenvalue weighted by atomic mass is 10.4. The summed E-state index contributed by atoms with van der Waals surface area (Å²) in [7, 11) is 2.11. The molecule has 1 rings (SSSR count). The van der Waals surface area contributed by atoms with Crippen LogP contribution in [0.3, 0.4) is 0 Å². The Balaban J connectivity index is 2.25. The third-order valence-corrected chi connectivity index (χ3v) is 2.57. The fraction of sp³-hybridized carbons (Fsp3) is 0.727. The molecule has 0 aromatic carbocycles. The molecule has 0 radical (unpaired) electrons. The van der Waals surface area contributed by atoms with Crippen molar-refractivity contribution in [3.05, 3.63) is 0 Å². The van der Waals surface area contributed by atoms with Crippen LogP contribution < -0.4 is 5.32 Å². The number of amides is 1. The Morgan fingerprint density at radius 3 is 2.93 bits per heavy atom. The molecule has 4 nitrogen and oxygen atoms in total. The van der Waals surface area contributed by atoms with Crippen molar-refractivity contribution in [1.29, 1.82) is 0 Å². The van der Waals surface area contributed by atoms with E-state index >= 15 is 0 Å². The minimum Gasteiger partial charge on any atom is -0.344 e. The summed E-state index contributed by atoms with van der Waals surface area (Å²) in [6, 6.07) is 0. The van der Waals surface area contributed by atoms with Crippen LogP contribution in [0.15, 0.2) is 0 Å². The second kappa shape index (κ2) is 6.44. The molecule has 0 aromatic heterocycles. The van der Waals surface area contributed by atoms with E-state index in [9.17, 15) is 4.79 Å². The maximum Gasteiger partial charge on any atom is 0.234 e. The topological polar surface area (TPSA) is 35.6 Å². The summed E-state index contributed by atoms with van der Waals surface area (Å²) < 4.78 is 0. The van der Waals surface area contributed by atoms with Crippen LogP contribution in [-0.2, 0) is 4.79 Å². The molecule has 0 atom stereocenters. The van der Waals surface area contributed by atoms with Crippen LogP contribution >= 0.6 is 0 Å². The molecule has 1 aliphatic rings. The first kappa shape index (κ1) is 12.0. The van der Waals surface area contributed by atoms with Crippen LogP contribution in [0.4, 0.5) is 0 Å². The number of rotatable bonds is 3. The Kier molecular flexibility index (Phi) is 5.16. The van der Waals surface area contributed by atoms with Gasteiger partial charge in [-0.1, -0.05) is 5.92 Å². The number of nitrogens with zero attached hydrogens (tertiary/aromatic N) is 2. The average molecular weight is 209 g/mol. The van der Waals surface area contributed by atoms with Gasteiger partial charge >= 0.3 is 0 Å². The van der Waals surface area contributed by atoms with E-state index in [1.807, 2.05) is 0 Å². The van der Waals surface area contributed by atoms with Crippen LogP contribution in [0, 0.1) is 12.3 Å². The van der Waals surface area contributed by atoms with Crippen LogP contribution in [0.25, 0.3) is 0 Å². The largest absolute Gasteiger partial charge is 0.344 e. The third-order valence-electron chi connectivity index (χ3n) is 2.57. The van der Waals surface area contributed by atoms with Crippen LogP contribution in [-0.4, -0.2) is 62.0 Å². The van der Waals surface area contributed by atoms with E-state index < -0.39 is 0 Å². The van der Waals surface area contributed by atoms with Crippen molar-refractivity contribution in [1.82, 2.24) is 15.1 Å². The molecule has 1 heterocycles. The third kappa shape index (κ3) is 4.82. The Hall–Kier alpha value is -1.05. The van der Waals surface area contributed by atoms with Crippen LogP contribution in [0.1, 0.15) is 6.42 Å². The molecule has 1 amide bonds. The highest BCUT2D eigenvalue weighted by Gasteiger charge is 2.14. The Morgan fingerprint density at radius 2 is 2.20 bits per heavy atom. The lowest BCUT2D eigenvalue weighted by molar-refractivity contribution is -0.121. The molecular weight excluding hydrogens is 190 g/mol. The molecule has 0 bridgehead atoms. The first-order chi connectivity index (χ1) is 7.22. The fourth-order valence-electron chi connectivity index (χ4n) is 1.67. The number of carbonyl (C=O) groups excluding carboxylic acids is 1. The highest BCUT2D eigenvalue weighted by atomic mass is 16.2. The predicted octanol–water partition coefficient (Wildman–Crippen LogP) is -0.627. The van der Waals surface area contributed by atoms with Crippen LogP contribution in [0.5, 0.6) is 0 Å². The molecule has 0 spiro atoms. The smallest absolute Gasteiger partial charge is 0.234 e. The van der Waals surface area contributed by atoms with Gasteiger partial charge in [0.05, 0.1) is 13.1 Å². The van der Waals surface area contributed by atoms with Crippen LogP contribution in [0.2, 0.25) is 0 Å². The maximum atomic E-state index is 11.4. The van der Waals surface area contributed by atoms with Gasteiger partial charge in [-0.15, -0.1) is 6.42 Å². The molecule has 0 aromatic rings. The van der Waals surface area contributed by atoms with Crippen molar-refractivity contribution < 1.29 is 4.79 Å². The lowest BCUT2D eigenvalue weighted by Crippen LogP contribution is -2.39. The first-order valence-corrected chi connectivity index (χ1v) is 5.33. The van der Waals surface area contributed by atoms with Crippen molar-refractivity contribution in [3.63, 3.8) is 0 Å². The molecule has 1 saturated heterocycles. The second-order valence-electron chi connectivity index (χ2n) is 3.91. The summed E-state index contributed by atoms with van der Waals surface area (Å²) in [5.41, 5.74) is 0. The van der Waals surface area contributed by atoms with Gasteiger partial charge in [-0.2, -0.15) is 0 Å². The van der Waals surface area contributed by atoms with E-state index in [-0.39, 0.29) is 5.91 Å². The minimum absolute atomic E-state index is 0.0255. The molecule has 0 saturated carbocycles. The first-order valence-electron chi connectivity index (χ1n) is 5.33. The van der Waals surface area contributed by atoms with Crippen molar-refractivity contribution >= 4 is 5.91 Å². The number of hydrogen-bond donors (Lipinski definition) is 1. The Morgan fingerprint density at radius 1 is 1.40 bits per heavy atom. The maximum absolute atomic E-state index is 11.4. The molecule has 0 aliphatic carbocycles. The normalized spacial score (nSPS) is 19.2. The molecular formula is C11H19N3O. The Labute approximate surface area is 91.6 Å². The number of hydrogen-bond acceptors (Lipinski definition) is 3. The molecule has 84 valence electrons. The van der Waals surface area contributed by atoms with E-state index in [0.717, 1.165) is 32.6 Å². The number of likely N-dealkylation sites (N-methyl/N-ethyl adjacent to an activating group) is 1. The summed E-state index contributed by atoms with van der Waals surface area (Å²) in [6.07, 6.45) is 6.19. The van der Waals surface area contributed by atoms with Gasteiger partial charge in [0, 0.05) is 13.1 Å². The van der Waals surface area contributed by atoms with Crippen molar-refractivity contribution in [2.75, 3.05) is 46.3 Å². The van der Waals surface area contributed by atoms with E-state index in [0.29, 0.717) is 13.1 Å². The van der Waals surface area contributed by atoms with Gasteiger partial charge in [0.1, 0.15) is 0 Å². The summed E-state index contributed by atoms with van der Waals surface area (Å²) in [4.78, 5) is 15.9. The molecule has 0 unspecified atom stereocenters. The quantitative estimate of drug-likeness (QED) is 0.629. The van der Waals surface area contributed by atoms with Crippen molar-refractivity contribution in [3.8, 4) is 12.3 Å². The van der Waals surface area contributed by atoms with Gasteiger partial charge in [-0.05, 0) is 26.6 Å². The summed E-state index contributed by atoms with van der Waals surface area (Å²) in [6.45, 7) is 4.89. The molecule has 1 fully saturated rings. The van der Waals surface area contributed by atoms with Crippen molar-refractivity contribution in [2.45, 2.75) is 6.42 Å². The SMILES string of the molecule is C#CCNC(=O)CN1CCCN(C)CC1. The average Bonchev–Trinajstić information content (AvgIpc) is 2.41. The van der Waals surface area contributed by atoms with E-state index in [1.165, 1.54) is 0 Å². The molecule has 15 heavy (non-hydrogen) atoms. The molecule has 4 heteroatoms. The van der Waals surface area contributed by atoms with Gasteiger partial charge in [0.25, 0.3) is 0 Å². The molecule has 1 N–H and O–H groups in total. The summed E-state index contributed by atoms with van der Waals surface area (Å²) >= 11 is 0. The number of terminal acetylenes is 1. The zero-order valence-electron chi connectivity index (χ0n) is 9.33. The van der Waals surface area contributed by atoms with Crippen molar-refractivity contribution in [2.24, 2.45) is 0 Å². The van der Waals surface area contributed by atoms with Gasteiger partial charge in [-0.3, -0.25) is 9.69 Å². The van der Waals surface area contributed by atoms with Gasteiger partial charge in [0.2, 0.25) is 5.91 Å². The number of nitrogens with one attached hydrogen (secondary N) is 1. The minimum atomic E-state index is 0.0255. The summed E-state index contributed by atoms with van der Waals surface area (Å²) in [5.74, 6) is 2.42. The van der Waals surface area contributed by atoms with E-state index in [1.54, 1.807) is 0 Å². The summed E-state index contributed by atoms with van der Waals surface area (Å²) in [5, 5.41) is 2.68. The fourth-order valence-corrected chi connectivity index (χ4v) is 1.67. The lowest BCUT2D eigenvalue weighted by Gasteiger charge is -2.18.